The fourth-order valence-electron chi connectivity index (χ4n) is 4.97. The maximum atomic E-state index is 14.1. The van der Waals surface area contributed by atoms with E-state index in [4.69, 9.17) is 14.2 Å². The SMILES string of the molecule is CCOc1cc(CCN(CCC(=O)O)C(=O)c2ccccc2-c2ccccc2C(=O)NCc2ccc(OC)cc2)ccc1OC. The maximum Gasteiger partial charge on any atom is 0.305 e. The van der Waals surface area contributed by atoms with Crippen LogP contribution in [0.1, 0.15) is 45.2 Å². The Morgan fingerprint density at radius 2 is 1.40 bits per heavy atom. The van der Waals surface area contributed by atoms with Crippen LogP contribution in [0.4, 0.5) is 0 Å². The highest BCUT2D eigenvalue weighted by atomic mass is 16.5. The van der Waals surface area contributed by atoms with Gasteiger partial charge in [0.1, 0.15) is 5.75 Å². The van der Waals surface area contributed by atoms with Crippen LogP contribution in [0.25, 0.3) is 11.1 Å². The minimum Gasteiger partial charge on any atom is -0.497 e. The number of amides is 2. The summed E-state index contributed by atoms with van der Waals surface area (Å²) in [5.74, 6) is 0.347. The number of carboxylic acid groups (broad SMARTS) is 1. The summed E-state index contributed by atoms with van der Waals surface area (Å²) in [4.78, 5) is 40.5. The second kappa shape index (κ2) is 16.0. The van der Waals surface area contributed by atoms with E-state index < -0.39 is 5.97 Å². The fourth-order valence-corrected chi connectivity index (χ4v) is 4.97. The lowest BCUT2D eigenvalue weighted by molar-refractivity contribution is -0.137. The molecule has 0 aromatic heterocycles. The van der Waals surface area contributed by atoms with Crippen molar-refractivity contribution in [1.29, 1.82) is 0 Å². The molecule has 2 amide bonds. The number of aliphatic carboxylic acids is 1. The lowest BCUT2D eigenvalue weighted by atomic mass is 9.94. The van der Waals surface area contributed by atoms with E-state index in [1.54, 1.807) is 49.5 Å². The van der Waals surface area contributed by atoms with Crippen LogP contribution < -0.4 is 19.5 Å². The summed E-state index contributed by atoms with van der Waals surface area (Å²) in [6, 6.07) is 27.2. The van der Waals surface area contributed by atoms with Gasteiger partial charge in [0.15, 0.2) is 11.5 Å². The Kier molecular flexibility index (Phi) is 11.6. The third-order valence-electron chi connectivity index (χ3n) is 7.31. The van der Waals surface area contributed by atoms with Crippen molar-refractivity contribution in [1.82, 2.24) is 10.2 Å². The zero-order valence-corrected chi connectivity index (χ0v) is 25.7. The smallest absolute Gasteiger partial charge is 0.305 e. The number of carboxylic acids is 1. The summed E-state index contributed by atoms with van der Waals surface area (Å²) in [6.45, 7) is 2.99. The van der Waals surface area contributed by atoms with Crippen LogP contribution in [0.3, 0.4) is 0 Å². The van der Waals surface area contributed by atoms with Crippen molar-refractivity contribution < 1.29 is 33.7 Å². The van der Waals surface area contributed by atoms with Crippen LogP contribution in [-0.4, -0.2) is 61.7 Å². The molecule has 0 atom stereocenters. The molecule has 0 bridgehead atoms. The molecule has 9 nitrogen and oxygen atoms in total. The van der Waals surface area contributed by atoms with E-state index >= 15 is 0 Å². The molecule has 0 radical (unpaired) electrons. The standard InChI is InChI=1S/C36H38N2O7/c1-4-45-33-23-25(15-18-32(33)44-3)19-21-38(22-20-34(39)40)36(42)31-12-8-6-10-29(31)28-9-5-7-11-30(28)35(41)37-24-26-13-16-27(43-2)17-14-26/h5-18,23H,4,19-22,24H2,1-3H3,(H,37,41)(H,39,40). The molecule has 0 saturated heterocycles. The van der Waals surface area contributed by atoms with E-state index in [1.807, 2.05) is 67.6 Å². The molecule has 9 heteroatoms. The van der Waals surface area contributed by atoms with E-state index in [2.05, 4.69) is 5.32 Å². The van der Waals surface area contributed by atoms with Crippen LogP contribution in [0.5, 0.6) is 17.2 Å². The second-order valence-electron chi connectivity index (χ2n) is 10.2. The summed E-state index contributed by atoms with van der Waals surface area (Å²) in [6.07, 6.45) is 0.271. The van der Waals surface area contributed by atoms with Crippen molar-refractivity contribution in [3.63, 3.8) is 0 Å². The molecule has 4 aromatic carbocycles. The first-order valence-corrected chi connectivity index (χ1v) is 14.7. The lowest BCUT2D eigenvalue weighted by Crippen LogP contribution is -2.35. The number of methoxy groups -OCH3 is 2. The molecule has 0 spiro atoms. The normalized spacial score (nSPS) is 10.6. The Balaban J connectivity index is 1.58. The Hall–Kier alpha value is -5.31. The molecule has 234 valence electrons. The molecule has 0 heterocycles. The van der Waals surface area contributed by atoms with Gasteiger partial charge in [-0.05, 0) is 72.0 Å². The van der Waals surface area contributed by atoms with Gasteiger partial charge in [0.2, 0.25) is 0 Å². The van der Waals surface area contributed by atoms with Crippen molar-refractivity contribution in [2.75, 3.05) is 33.9 Å². The third-order valence-corrected chi connectivity index (χ3v) is 7.31. The Labute approximate surface area is 263 Å². The number of nitrogens with zero attached hydrogens (tertiary/aromatic N) is 1. The van der Waals surface area contributed by atoms with E-state index in [1.165, 1.54) is 0 Å². The summed E-state index contributed by atoms with van der Waals surface area (Å²) in [7, 11) is 3.17. The lowest BCUT2D eigenvalue weighted by Gasteiger charge is -2.24. The summed E-state index contributed by atoms with van der Waals surface area (Å²) >= 11 is 0. The highest BCUT2D eigenvalue weighted by molar-refractivity contribution is 6.06. The van der Waals surface area contributed by atoms with Crippen LogP contribution in [-0.2, 0) is 17.8 Å². The van der Waals surface area contributed by atoms with E-state index in [0.717, 1.165) is 16.9 Å². The Morgan fingerprint density at radius 3 is 2.04 bits per heavy atom. The molecule has 0 unspecified atom stereocenters. The topological polar surface area (TPSA) is 114 Å². The van der Waals surface area contributed by atoms with Crippen molar-refractivity contribution in [3.05, 3.63) is 113 Å². The molecular formula is C36H38N2O7. The number of hydrogen-bond acceptors (Lipinski definition) is 6. The van der Waals surface area contributed by atoms with Gasteiger partial charge >= 0.3 is 5.97 Å². The first-order valence-electron chi connectivity index (χ1n) is 14.7. The van der Waals surface area contributed by atoms with E-state index in [9.17, 15) is 19.5 Å². The number of benzene rings is 4. The van der Waals surface area contributed by atoms with Gasteiger partial charge < -0.3 is 29.5 Å². The minimum atomic E-state index is -0.997. The highest BCUT2D eigenvalue weighted by Crippen LogP contribution is 2.30. The van der Waals surface area contributed by atoms with Gasteiger partial charge in [0.25, 0.3) is 11.8 Å². The molecule has 0 fully saturated rings. The van der Waals surface area contributed by atoms with Crippen LogP contribution in [0.2, 0.25) is 0 Å². The average molecular weight is 611 g/mol. The molecule has 45 heavy (non-hydrogen) atoms. The van der Waals surface area contributed by atoms with Gasteiger partial charge in [-0.2, -0.15) is 0 Å². The minimum absolute atomic E-state index is 0.0287. The Bertz CT molecular complexity index is 1620. The van der Waals surface area contributed by atoms with E-state index in [0.29, 0.717) is 53.3 Å². The zero-order valence-electron chi connectivity index (χ0n) is 25.7. The molecule has 0 saturated carbocycles. The van der Waals surface area contributed by atoms with Gasteiger partial charge in [0, 0.05) is 30.8 Å². The van der Waals surface area contributed by atoms with Crippen LogP contribution in [0, 0.1) is 0 Å². The number of carbonyl (C=O) groups excluding carboxylic acids is 2. The Morgan fingerprint density at radius 1 is 0.756 bits per heavy atom. The van der Waals surface area contributed by atoms with Gasteiger partial charge in [0.05, 0.1) is 27.2 Å². The van der Waals surface area contributed by atoms with Gasteiger partial charge in [-0.3, -0.25) is 14.4 Å². The van der Waals surface area contributed by atoms with Crippen molar-refractivity contribution >= 4 is 17.8 Å². The predicted molar refractivity (Wildman–Crippen MR) is 172 cm³/mol. The zero-order chi connectivity index (χ0) is 32.2. The molecular weight excluding hydrogens is 572 g/mol. The first-order chi connectivity index (χ1) is 21.8. The number of ether oxygens (including phenoxy) is 3. The average Bonchev–Trinajstić information content (AvgIpc) is 3.07. The molecule has 0 aliphatic rings. The van der Waals surface area contributed by atoms with Crippen LogP contribution in [0.15, 0.2) is 91.0 Å². The first kappa shape index (κ1) is 32.6. The van der Waals surface area contributed by atoms with E-state index in [-0.39, 0.29) is 31.3 Å². The van der Waals surface area contributed by atoms with Crippen molar-refractivity contribution in [2.24, 2.45) is 0 Å². The largest absolute Gasteiger partial charge is 0.497 e. The monoisotopic (exact) mass is 610 g/mol. The summed E-state index contributed by atoms with van der Waals surface area (Å²) < 4.78 is 16.3. The summed E-state index contributed by atoms with van der Waals surface area (Å²) in [5.41, 5.74) is 3.81. The molecule has 0 aliphatic heterocycles. The predicted octanol–water partition coefficient (Wildman–Crippen LogP) is 5.86. The fraction of sp³-hybridized carbons (Fsp3) is 0.250. The van der Waals surface area contributed by atoms with Gasteiger partial charge in [-0.1, -0.05) is 54.6 Å². The highest BCUT2D eigenvalue weighted by Gasteiger charge is 2.23. The third kappa shape index (κ3) is 8.63. The molecule has 2 N–H and O–H groups in total. The molecule has 4 rings (SSSR count). The molecule has 4 aromatic rings. The van der Waals surface area contributed by atoms with Gasteiger partial charge in [-0.15, -0.1) is 0 Å². The number of nitrogens with one attached hydrogen (secondary N) is 1. The number of carbonyl (C=O) groups is 3. The number of rotatable bonds is 15. The quantitative estimate of drug-likeness (QED) is 0.173. The number of hydrogen-bond donors (Lipinski definition) is 2. The van der Waals surface area contributed by atoms with Gasteiger partial charge in [-0.25, -0.2) is 0 Å². The van der Waals surface area contributed by atoms with Crippen molar-refractivity contribution in [3.8, 4) is 28.4 Å². The second-order valence-corrected chi connectivity index (χ2v) is 10.2. The van der Waals surface area contributed by atoms with Crippen molar-refractivity contribution in [2.45, 2.75) is 26.3 Å². The van der Waals surface area contributed by atoms with Crippen LogP contribution >= 0.6 is 0 Å². The maximum absolute atomic E-state index is 14.1. The molecule has 0 aliphatic carbocycles. The summed E-state index contributed by atoms with van der Waals surface area (Å²) in [5, 5.41) is 12.4.